The third-order valence-electron chi connectivity index (χ3n) is 4.73. The Kier molecular flexibility index (Phi) is 3.67. The summed E-state index contributed by atoms with van der Waals surface area (Å²) in [4.78, 5) is 21.8. The van der Waals surface area contributed by atoms with Crippen LogP contribution in [0, 0.1) is 5.92 Å². The third-order valence-corrected chi connectivity index (χ3v) is 4.73. The molecule has 6 heteroatoms. The van der Waals surface area contributed by atoms with E-state index in [0.29, 0.717) is 12.5 Å². The summed E-state index contributed by atoms with van der Waals surface area (Å²) in [6.45, 7) is 10.3. The van der Waals surface area contributed by atoms with E-state index in [1.54, 1.807) is 6.33 Å². The van der Waals surface area contributed by atoms with Gasteiger partial charge >= 0.3 is 6.09 Å². The second kappa shape index (κ2) is 5.26. The fraction of sp³-hybridized carbons (Fsp3) is 0.750. The minimum Gasteiger partial charge on any atom is -0.444 e. The highest BCUT2D eigenvalue weighted by molar-refractivity contribution is 5.68. The Morgan fingerprint density at radius 3 is 3.00 bits per heavy atom. The standard InChI is InChI=1S/C16H26N4O2/c1-15(2,3)22-14(21)20-8-6-11(9-20)16(4)13-12(5-7-19-16)17-10-18-13/h10-11,19H,5-9H2,1-4H3,(H,17,18). The Labute approximate surface area is 131 Å². The van der Waals surface area contributed by atoms with Crippen molar-refractivity contribution in [1.29, 1.82) is 0 Å². The van der Waals surface area contributed by atoms with Gasteiger partial charge in [-0.25, -0.2) is 9.78 Å². The van der Waals surface area contributed by atoms with Gasteiger partial charge in [0.15, 0.2) is 0 Å². The lowest BCUT2D eigenvalue weighted by Gasteiger charge is -2.39. The Bertz CT molecular complexity index is 563. The Morgan fingerprint density at radius 2 is 2.27 bits per heavy atom. The van der Waals surface area contributed by atoms with E-state index in [0.717, 1.165) is 31.6 Å². The Morgan fingerprint density at radius 1 is 1.50 bits per heavy atom. The molecule has 0 radical (unpaired) electrons. The van der Waals surface area contributed by atoms with Gasteiger partial charge in [-0.3, -0.25) is 0 Å². The summed E-state index contributed by atoms with van der Waals surface area (Å²) >= 11 is 0. The number of ether oxygens (including phenoxy) is 1. The summed E-state index contributed by atoms with van der Waals surface area (Å²) in [5, 5.41) is 3.63. The lowest BCUT2D eigenvalue weighted by molar-refractivity contribution is 0.0278. The predicted molar refractivity (Wildman–Crippen MR) is 83.6 cm³/mol. The summed E-state index contributed by atoms with van der Waals surface area (Å²) in [6.07, 6.45) is 3.51. The first kappa shape index (κ1) is 15.3. The van der Waals surface area contributed by atoms with Crippen LogP contribution < -0.4 is 5.32 Å². The number of rotatable bonds is 1. The molecule has 1 amide bonds. The number of nitrogens with zero attached hydrogens (tertiary/aromatic N) is 2. The topological polar surface area (TPSA) is 70.2 Å². The van der Waals surface area contributed by atoms with Crippen LogP contribution in [0.15, 0.2) is 6.33 Å². The minimum atomic E-state index is -0.447. The first-order chi connectivity index (χ1) is 10.3. The van der Waals surface area contributed by atoms with Gasteiger partial charge in [0.1, 0.15) is 5.60 Å². The molecule has 2 atom stereocenters. The van der Waals surface area contributed by atoms with Crippen LogP contribution in [0.1, 0.15) is 45.5 Å². The van der Waals surface area contributed by atoms with Gasteiger partial charge in [-0.15, -0.1) is 0 Å². The molecule has 2 unspecified atom stereocenters. The van der Waals surface area contributed by atoms with Crippen LogP contribution in [0.4, 0.5) is 4.79 Å². The van der Waals surface area contributed by atoms with Gasteiger partial charge in [-0.2, -0.15) is 0 Å². The van der Waals surface area contributed by atoms with Crippen molar-refractivity contribution in [3.8, 4) is 0 Å². The summed E-state index contributed by atoms with van der Waals surface area (Å²) in [5.41, 5.74) is 1.70. The quantitative estimate of drug-likeness (QED) is 0.833. The number of carbonyl (C=O) groups is 1. The van der Waals surface area contributed by atoms with E-state index >= 15 is 0 Å². The average Bonchev–Trinajstić information content (AvgIpc) is 3.07. The fourth-order valence-electron chi connectivity index (χ4n) is 3.55. The van der Waals surface area contributed by atoms with Crippen molar-refractivity contribution in [1.82, 2.24) is 20.2 Å². The molecule has 22 heavy (non-hydrogen) atoms. The zero-order valence-corrected chi connectivity index (χ0v) is 13.9. The molecule has 2 N–H and O–H groups in total. The van der Waals surface area contributed by atoms with Crippen LogP contribution in [-0.2, 0) is 16.7 Å². The minimum absolute atomic E-state index is 0.176. The van der Waals surface area contributed by atoms with Crippen LogP contribution in [0.2, 0.25) is 0 Å². The second-order valence-electron chi connectivity index (χ2n) is 7.52. The normalized spacial score (nSPS) is 28.5. The van der Waals surface area contributed by atoms with Gasteiger partial charge in [-0.05, 0) is 34.1 Å². The zero-order valence-electron chi connectivity index (χ0n) is 13.9. The number of nitrogens with one attached hydrogen (secondary N) is 2. The number of carbonyl (C=O) groups excluding carboxylic acids is 1. The number of aromatic amines is 1. The number of likely N-dealkylation sites (tertiary alicyclic amines) is 1. The maximum absolute atomic E-state index is 12.3. The molecule has 2 aliphatic heterocycles. The highest BCUT2D eigenvalue weighted by Crippen LogP contribution is 2.38. The van der Waals surface area contributed by atoms with E-state index < -0.39 is 5.60 Å². The SMILES string of the molecule is CC(C)(C)OC(=O)N1CCC(C2(C)NCCc3[nH]cnc32)C1. The van der Waals surface area contributed by atoms with Gasteiger partial charge in [0.05, 0.1) is 17.6 Å². The fourth-order valence-corrected chi connectivity index (χ4v) is 3.55. The molecule has 0 bridgehead atoms. The van der Waals surface area contributed by atoms with Crippen molar-refractivity contribution in [3.63, 3.8) is 0 Å². The number of hydrogen-bond donors (Lipinski definition) is 2. The molecule has 0 aromatic carbocycles. The van der Waals surface area contributed by atoms with Crippen molar-refractivity contribution in [2.75, 3.05) is 19.6 Å². The predicted octanol–water partition coefficient (Wildman–Crippen LogP) is 2.03. The molecule has 1 fully saturated rings. The molecular weight excluding hydrogens is 280 g/mol. The van der Waals surface area contributed by atoms with E-state index in [-0.39, 0.29) is 11.6 Å². The molecule has 3 rings (SSSR count). The molecule has 0 spiro atoms. The lowest BCUT2D eigenvalue weighted by atomic mass is 9.79. The molecule has 122 valence electrons. The summed E-state index contributed by atoms with van der Waals surface area (Å²) in [7, 11) is 0. The smallest absolute Gasteiger partial charge is 0.410 e. The van der Waals surface area contributed by atoms with E-state index in [4.69, 9.17) is 4.74 Å². The second-order valence-corrected chi connectivity index (χ2v) is 7.52. The zero-order chi connectivity index (χ0) is 16.0. The van der Waals surface area contributed by atoms with Crippen molar-refractivity contribution in [3.05, 3.63) is 17.7 Å². The number of amides is 1. The van der Waals surface area contributed by atoms with Gasteiger partial charge < -0.3 is 19.9 Å². The molecule has 0 aliphatic carbocycles. The molecule has 1 aromatic rings. The molecule has 3 heterocycles. The van der Waals surface area contributed by atoms with E-state index in [9.17, 15) is 4.79 Å². The first-order valence-electron chi connectivity index (χ1n) is 8.05. The van der Waals surface area contributed by atoms with Crippen molar-refractivity contribution in [2.45, 2.75) is 51.7 Å². The van der Waals surface area contributed by atoms with Crippen molar-refractivity contribution in [2.24, 2.45) is 5.92 Å². The van der Waals surface area contributed by atoms with Crippen molar-refractivity contribution < 1.29 is 9.53 Å². The summed E-state index contributed by atoms with van der Waals surface area (Å²) in [6, 6.07) is 0. The number of fused-ring (bicyclic) bond motifs is 1. The molecule has 6 nitrogen and oxygen atoms in total. The molecule has 1 saturated heterocycles. The largest absolute Gasteiger partial charge is 0.444 e. The highest BCUT2D eigenvalue weighted by atomic mass is 16.6. The maximum atomic E-state index is 12.3. The van der Waals surface area contributed by atoms with Crippen LogP contribution in [0.3, 0.4) is 0 Å². The van der Waals surface area contributed by atoms with E-state index in [1.807, 2.05) is 25.7 Å². The van der Waals surface area contributed by atoms with Gasteiger partial charge in [-0.1, -0.05) is 0 Å². The van der Waals surface area contributed by atoms with Gasteiger partial charge in [0, 0.05) is 37.7 Å². The third kappa shape index (κ3) is 2.72. The van der Waals surface area contributed by atoms with Crippen LogP contribution in [0.25, 0.3) is 0 Å². The molecule has 2 aliphatic rings. The van der Waals surface area contributed by atoms with Crippen LogP contribution >= 0.6 is 0 Å². The first-order valence-corrected chi connectivity index (χ1v) is 8.05. The van der Waals surface area contributed by atoms with Crippen molar-refractivity contribution >= 4 is 6.09 Å². The van der Waals surface area contributed by atoms with E-state index in [2.05, 4.69) is 22.2 Å². The summed E-state index contributed by atoms with van der Waals surface area (Å²) in [5.74, 6) is 0.349. The molecule has 1 aromatic heterocycles. The monoisotopic (exact) mass is 306 g/mol. The Balaban J connectivity index is 1.72. The van der Waals surface area contributed by atoms with Gasteiger partial charge in [0.2, 0.25) is 0 Å². The van der Waals surface area contributed by atoms with Crippen LogP contribution in [-0.4, -0.2) is 46.2 Å². The number of imidazole rings is 1. The number of hydrogen-bond acceptors (Lipinski definition) is 4. The summed E-state index contributed by atoms with van der Waals surface area (Å²) < 4.78 is 5.49. The highest BCUT2D eigenvalue weighted by Gasteiger charge is 2.45. The maximum Gasteiger partial charge on any atom is 0.410 e. The van der Waals surface area contributed by atoms with Crippen LogP contribution in [0.5, 0.6) is 0 Å². The Hall–Kier alpha value is -1.56. The average molecular weight is 306 g/mol. The number of aromatic nitrogens is 2. The van der Waals surface area contributed by atoms with E-state index in [1.165, 1.54) is 5.69 Å². The lowest BCUT2D eigenvalue weighted by Crippen LogP contribution is -2.51. The molecule has 0 saturated carbocycles. The number of H-pyrrole nitrogens is 1. The van der Waals surface area contributed by atoms with Gasteiger partial charge in [0.25, 0.3) is 0 Å². The molecular formula is C16H26N4O2.